The number of nitrogens with zero attached hydrogens (tertiary/aromatic N) is 1. The van der Waals surface area contributed by atoms with Crippen LogP contribution in [0.5, 0.6) is 0 Å². The van der Waals surface area contributed by atoms with Crippen molar-refractivity contribution in [2.24, 2.45) is 11.1 Å². The molecular weight excluding hydrogens is 234 g/mol. The number of anilines is 1. The molecule has 0 aliphatic heterocycles. The molecule has 96 valence electrons. The van der Waals surface area contributed by atoms with E-state index < -0.39 is 0 Å². The zero-order chi connectivity index (χ0) is 12.9. The Morgan fingerprint density at radius 3 is 2.76 bits per heavy atom. The average Bonchev–Trinajstić information content (AvgIpc) is 2.61. The van der Waals surface area contributed by atoms with Crippen molar-refractivity contribution in [1.29, 1.82) is 0 Å². The highest BCUT2D eigenvalue weighted by Crippen LogP contribution is 2.26. The van der Waals surface area contributed by atoms with Gasteiger partial charge in [-0.05, 0) is 31.7 Å². The van der Waals surface area contributed by atoms with Gasteiger partial charge in [0.25, 0.3) is 0 Å². The summed E-state index contributed by atoms with van der Waals surface area (Å²) in [7, 11) is 0. The number of amides is 1. The normalized spacial score (nSPS) is 11.5. The van der Waals surface area contributed by atoms with Gasteiger partial charge in [-0.1, -0.05) is 13.8 Å². The number of hydrogen-bond donors (Lipinski definition) is 2. The Bertz CT molecular complexity index is 374. The van der Waals surface area contributed by atoms with Crippen molar-refractivity contribution in [2.75, 3.05) is 11.9 Å². The molecule has 5 heteroatoms. The highest BCUT2D eigenvalue weighted by atomic mass is 32.1. The van der Waals surface area contributed by atoms with Crippen LogP contribution in [0.4, 0.5) is 5.13 Å². The Morgan fingerprint density at radius 1 is 1.53 bits per heavy atom. The molecule has 0 unspecified atom stereocenters. The summed E-state index contributed by atoms with van der Waals surface area (Å²) in [5.41, 5.74) is 6.61. The predicted molar refractivity (Wildman–Crippen MR) is 72.2 cm³/mol. The highest BCUT2D eigenvalue weighted by Gasteiger charge is 2.18. The Balaban J connectivity index is 2.35. The van der Waals surface area contributed by atoms with Gasteiger partial charge in [-0.25, -0.2) is 4.98 Å². The van der Waals surface area contributed by atoms with Crippen molar-refractivity contribution in [1.82, 2.24) is 4.98 Å². The molecule has 0 saturated heterocycles. The molecule has 0 atom stereocenters. The van der Waals surface area contributed by atoms with E-state index in [1.807, 2.05) is 12.3 Å². The van der Waals surface area contributed by atoms with Gasteiger partial charge in [0.05, 0.1) is 5.69 Å². The third kappa shape index (κ3) is 5.28. The fourth-order valence-corrected chi connectivity index (χ4v) is 2.27. The number of nitrogens with one attached hydrogen (secondary N) is 1. The van der Waals surface area contributed by atoms with Gasteiger partial charge in [-0.2, -0.15) is 0 Å². The molecule has 0 saturated carbocycles. The number of thiazole rings is 1. The fraction of sp³-hybridized carbons (Fsp3) is 0.667. The lowest BCUT2D eigenvalue weighted by Gasteiger charge is -2.23. The lowest BCUT2D eigenvalue weighted by atomic mass is 9.84. The fourth-order valence-electron chi connectivity index (χ4n) is 1.56. The van der Waals surface area contributed by atoms with Gasteiger partial charge < -0.3 is 11.1 Å². The van der Waals surface area contributed by atoms with E-state index in [0.717, 1.165) is 18.5 Å². The molecule has 1 aromatic heterocycles. The summed E-state index contributed by atoms with van der Waals surface area (Å²) in [6, 6.07) is 0. The topological polar surface area (TPSA) is 68.0 Å². The van der Waals surface area contributed by atoms with Crippen LogP contribution < -0.4 is 11.1 Å². The van der Waals surface area contributed by atoms with E-state index in [1.54, 1.807) is 0 Å². The summed E-state index contributed by atoms with van der Waals surface area (Å²) in [5, 5.41) is 5.42. The number of hydrogen-bond acceptors (Lipinski definition) is 4. The van der Waals surface area contributed by atoms with E-state index in [4.69, 9.17) is 5.73 Å². The predicted octanol–water partition coefficient (Wildman–Crippen LogP) is 2.55. The monoisotopic (exact) mass is 255 g/mol. The summed E-state index contributed by atoms with van der Waals surface area (Å²) in [6.45, 7) is 6.86. The first-order valence-corrected chi connectivity index (χ1v) is 6.73. The van der Waals surface area contributed by atoms with Gasteiger partial charge in [0.15, 0.2) is 5.13 Å². The minimum atomic E-state index is 0.0319. The second kappa shape index (κ2) is 6.12. The van der Waals surface area contributed by atoms with E-state index in [0.29, 0.717) is 18.1 Å². The number of aryl methyl sites for hydroxylation is 1. The van der Waals surface area contributed by atoms with E-state index >= 15 is 0 Å². The van der Waals surface area contributed by atoms with Gasteiger partial charge >= 0.3 is 0 Å². The maximum absolute atomic E-state index is 11.7. The summed E-state index contributed by atoms with van der Waals surface area (Å²) in [5.74, 6) is 0.0319. The zero-order valence-corrected chi connectivity index (χ0v) is 11.6. The van der Waals surface area contributed by atoms with Gasteiger partial charge in [0.1, 0.15) is 0 Å². The summed E-state index contributed by atoms with van der Waals surface area (Å²) in [6.07, 6.45) is 2.31. The lowest BCUT2D eigenvalue weighted by molar-refractivity contribution is -0.116. The second-order valence-corrected chi connectivity index (χ2v) is 5.90. The molecule has 1 amide bonds. The molecule has 3 N–H and O–H groups in total. The lowest BCUT2D eigenvalue weighted by Crippen LogP contribution is -2.20. The van der Waals surface area contributed by atoms with E-state index in [-0.39, 0.29) is 11.3 Å². The van der Waals surface area contributed by atoms with E-state index in [9.17, 15) is 4.79 Å². The first kappa shape index (κ1) is 14.1. The van der Waals surface area contributed by atoms with Crippen LogP contribution in [0, 0.1) is 12.3 Å². The van der Waals surface area contributed by atoms with Crippen LogP contribution in [0.2, 0.25) is 0 Å². The number of nitrogens with two attached hydrogens (primary N) is 1. The second-order valence-electron chi connectivity index (χ2n) is 5.05. The smallest absolute Gasteiger partial charge is 0.226 e. The van der Waals surface area contributed by atoms with Crippen molar-refractivity contribution < 1.29 is 4.79 Å². The van der Waals surface area contributed by atoms with Crippen molar-refractivity contribution >= 4 is 22.4 Å². The molecule has 0 aliphatic rings. The van der Waals surface area contributed by atoms with Gasteiger partial charge in [0, 0.05) is 11.8 Å². The van der Waals surface area contributed by atoms with E-state index in [2.05, 4.69) is 24.1 Å². The number of rotatable bonds is 6. The van der Waals surface area contributed by atoms with Crippen LogP contribution in [0.1, 0.15) is 38.8 Å². The molecule has 0 bridgehead atoms. The molecule has 0 spiro atoms. The third-order valence-corrected chi connectivity index (χ3v) is 3.59. The van der Waals surface area contributed by atoms with Crippen LogP contribution >= 0.6 is 11.3 Å². The van der Waals surface area contributed by atoms with Crippen molar-refractivity contribution in [3.63, 3.8) is 0 Å². The van der Waals surface area contributed by atoms with Crippen LogP contribution in [0.3, 0.4) is 0 Å². The quantitative estimate of drug-likeness (QED) is 0.820. The molecule has 0 aliphatic carbocycles. The number of aromatic nitrogens is 1. The largest absolute Gasteiger partial charge is 0.330 e. The Kier molecular flexibility index (Phi) is 5.08. The molecule has 0 radical (unpaired) electrons. The summed E-state index contributed by atoms with van der Waals surface area (Å²) >= 11 is 1.46. The minimum absolute atomic E-state index is 0.0319. The molecular formula is C12H21N3OS. The highest BCUT2D eigenvalue weighted by molar-refractivity contribution is 7.13. The van der Waals surface area contributed by atoms with Crippen molar-refractivity contribution in [3.8, 4) is 0 Å². The summed E-state index contributed by atoms with van der Waals surface area (Å²) < 4.78 is 0. The van der Waals surface area contributed by atoms with Crippen molar-refractivity contribution in [2.45, 2.75) is 40.0 Å². The molecule has 1 aromatic rings. The Labute approximate surface area is 107 Å². The van der Waals surface area contributed by atoms with Crippen LogP contribution in [0.25, 0.3) is 0 Å². The SMILES string of the molecule is Cc1csc(NC(=O)CCC(C)(C)CCN)n1. The molecule has 1 rings (SSSR count). The molecule has 4 nitrogen and oxygen atoms in total. The van der Waals surface area contributed by atoms with Crippen LogP contribution in [0.15, 0.2) is 5.38 Å². The molecule has 17 heavy (non-hydrogen) atoms. The molecule has 0 aromatic carbocycles. The summed E-state index contributed by atoms with van der Waals surface area (Å²) in [4.78, 5) is 15.9. The number of carbonyl (C=O) groups excluding carboxylic acids is 1. The first-order chi connectivity index (χ1) is 7.93. The Hall–Kier alpha value is -0.940. The zero-order valence-electron chi connectivity index (χ0n) is 10.7. The third-order valence-electron chi connectivity index (χ3n) is 2.72. The first-order valence-electron chi connectivity index (χ1n) is 5.85. The van der Waals surface area contributed by atoms with Crippen LogP contribution in [-0.4, -0.2) is 17.4 Å². The maximum Gasteiger partial charge on any atom is 0.226 e. The van der Waals surface area contributed by atoms with Gasteiger partial charge in [0.2, 0.25) is 5.91 Å². The van der Waals surface area contributed by atoms with E-state index in [1.165, 1.54) is 11.3 Å². The van der Waals surface area contributed by atoms with Crippen LogP contribution in [-0.2, 0) is 4.79 Å². The van der Waals surface area contributed by atoms with Gasteiger partial charge in [-0.15, -0.1) is 11.3 Å². The average molecular weight is 255 g/mol. The maximum atomic E-state index is 11.7. The minimum Gasteiger partial charge on any atom is -0.330 e. The standard InChI is InChI=1S/C12H21N3OS/c1-9-8-17-11(14-9)15-10(16)4-5-12(2,3)6-7-13/h8H,4-7,13H2,1-3H3,(H,14,15,16). The molecule has 0 fully saturated rings. The molecule has 1 heterocycles. The Morgan fingerprint density at radius 2 is 2.24 bits per heavy atom. The number of carbonyl (C=O) groups is 1. The van der Waals surface area contributed by atoms with Crippen molar-refractivity contribution in [3.05, 3.63) is 11.1 Å². The van der Waals surface area contributed by atoms with Gasteiger partial charge in [-0.3, -0.25) is 4.79 Å².